The molecule has 112 valence electrons. The van der Waals surface area contributed by atoms with Crippen molar-refractivity contribution in [2.45, 2.75) is 20.0 Å². The highest BCUT2D eigenvalue weighted by Gasteiger charge is 2.10. The van der Waals surface area contributed by atoms with Gasteiger partial charge in [-0.15, -0.1) is 0 Å². The fraction of sp³-hybridized carbons (Fsp3) is 0.188. The molecule has 0 atom stereocenters. The molecule has 0 aliphatic rings. The van der Waals surface area contributed by atoms with Crippen molar-refractivity contribution in [1.82, 2.24) is 14.9 Å². The lowest BCUT2D eigenvalue weighted by atomic mass is 10.2. The van der Waals surface area contributed by atoms with Crippen LogP contribution in [0.5, 0.6) is 0 Å². The fourth-order valence-corrected chi connectivity index (χ4v) is 2.03. The summed E-state index contributed by atoms with van der Waals surface area (Å²) in [5.74, 6) is 0.201. The molecular weight excluding hydrogens is 282 g/mol. The summed E-state index contributed by atoms with van der Waals surface area (Å²) in [5, 5.41) is 7.98. The summed E-state index contributed by atoms with van der Waals surface area (Å²) in [4.78, 5) is 11.8. The first-order valence-corrected chi connectivity index (χ1v) is 6.87. The molecule has 0 radical (unpaired) electrons. The molecule has 0 saturated carbocycles. The highest BCUT2D eigenvalue weighted by molar-refractivity contribution is 5.72. The molecule has 3 rings (SSSR count). The van der Waals surface area contributed by atoms with Crippen LogP contribution in [0.2, 0.25) is 0 Å². The van der Waals surface area contributed by atoms with Crippen LogP contribution >= 0.6 is 0 Å². The molecule has 0 amide bonds. The molecule has 6 heteroatoms. The number of hydrogen-bond acceptors (Lipinski definition) is 5. The highest BCUT2D eigenvalue weighted by atomic mass is 16.5. The number of benzene rings is 1. The van der Waals surface area contributed by atoms with Crippen LogP contribution in [-0.2, 0) is 22.6 Å². The molecule has 0 bridgehead atoms. The van der Waals surface area contributed by atoms with E-state index in [1.54, 1.807) is 16.9 Å². The first kappa shape index (κ1) is 14.1. The minimum absolute atomic E-state index is 0.0898. The first-order valence-electron chi connectivity index (χ1n) is 6.87. The van der Waals surface area contributed by atoms with E-state index in [0.29, 0.717) is 5.76 Å². The minimum Gasteiger partial charge on any atom is -0.457 e. The van der Waals surface area contributed by atoms with Crippen LogP contribution in [0.15, 0.2) is 53.3 Å². The molecule has 22 heavy (non-hydrogen) atoms. The Morgan fingerprint density at radius 2 is 2.14 bits per heavy atom. The molecule has 3 aromatic rings. The first-order chi connectivity index (χ1) is 10.7. The lowest BCUT2D eigenvalue weighted by Gasteiger charge is -2.01. The SMILES string of the molecule is Cc1cc(COC(=O)Cc2cnn(-c3ccccc3)c2)on1. The van der Waals surface area contributed by atoms with Gasteiger partial charge in [0.05, 0.1) is 24.0 Å². The number of para-hydroxylation sites is 1. The summed E-state index contributed by atoms with van der Waals surface area (Å²) in [6.45, 7) is 1.90. The van der Waals surface area contributed by atoms with Crippen molar-refractivity contribution in [3.63, 3.8) is 0 Å². The summed E-state index contributed by atoms with van der Waals surface area (Å²) < 4.78 is 11.9. The molecule has 0 unspecified atom stereocenters. The maximum Gasteiger partial charge on any atom is 0.310 e. The summed E-state index contributed by atoms with van der Waals surface area (Å²) in [6.07, 6.45) is 3.64. The number of carbonyl (C=O) groups is 1. The zero-order chi connectivity index (χ0) is 15.4. The van der Waals surface area contributed by atoms with Gasteiger partial charge >= 0.3 is 5.97 Å². The van der Waals surface area contributed by atoms with Gasteiger partial charge < -0.3 is 9.26 Å². The average molecular weight is 297 g/mol. The molecule has 0 saturated heterocycles. The number of aryl methyl sites for hydroxylation is 1. The van der Waals surface area contributed by atoms with Crippen LogP contribution in [0.4, 0.5) is 0 Å². The molecule has 0 fully saturated rings. The lowest BCUT2D eigenvalue weighted by molar-refractivity contribution is -0.144. The second kappa shape index (κ2) is 6.26. The highest BCUT2D eigenvalue weighted by Crippen LogP contribution is 2.09. The Bertz CT molecular complexity index is 762. The molecule has 1 aromatic carbocycles. The van der Waals surface area contributed by atoms with Crippen molar-refractivity contribution in [3.05, 3.63) is 65.8 Å². The third-order valence-electron chi connectivity index (χ3n) is 3.06. The van der Waals surface area contributed by atoms with Crippen LogP contribution in [0, 0.1) is 6.92 Å². The molecule has 0 N–H and O–H groups in total. The Hall–Kier alpha value is -2.89. The number of rotatable bonds is 5. The Labute approximate surface area is 127 Å². The van der Waals surface area contributed by atoms with E-state index in [1.807, 2.05) is 43.5 Å². The number of carbonyl (C=O) groups excluding carboxylic acids is 1. The van der Waals surface area contributed by atoms with Gasteiger partial charge in [0.1, 0.15) is 0 Å². The van der Waals surface area contributed by atoms with Gasteiger partial charge in [0.15, 0.2) is 12.4 Å². The Kier molecular flexibility index (Phi) is 4.00. The van der Waals surface area contributed by atoms with Crippen LogP contribution < -0.4 is 0 Å². The van der Waals surface area contributed by atoms with Crippen LogP contribution in [0.1, 0.15) is 17.0 Å². The van der Waals surface area contributed by atoms with Gasteiger partial charge in [-0.1, -0.05) is 23.4 Å². The lowest BCUT2D eigenvalue weighted by Crippen LogP contribution is -2.07. The van der Waals surface area contributed by atoms with Crippen LogP contribution in [0.3, 0.4) is 0 Å². The number of hydrogen-bond donors (Lipinski definition) is 0. The van der Waals surface area contributed by atoms with E-state index in [-0.39, 0.29) is 19.0 Å². The summed E-state index contributed by atoms with van der Waals surface area (Å²) in [5.41, 5.74) is 2.50. The number of ether oxygens (including phenoxy) is 1. The molecule has 2 aromatic heterocycles. The van der Waals surface area contributed by atoms with Crippen LogP contribution in [-0.4, -0.2) is 20.9 Å². The Morgan fingerprint density at radius 1 is 1.32 bits per heavy atom. The molecular formula is C16H15N3O3. The van der Waals surface area contributed by atoms with Gasteiger partial charge in [-0.25, -0.2) is 4.68 Å². The third-order valence-corrected chi connectivity index (χ3v) is 3.06. The second-order valence-corrected chi connectivity index (χ2v) is 4.90. The fourth-order valence-electron chi connectivity index (χ4n) is 2.03. The molecule has 0 aliphatic carbocycles. The van der Waals surface area contributed by atoms with E-state index in [4.69, 9.17) is 9.26 Å². The van der Waals surface area contributed by atoms with Gasteiger partial charge in [-0.05, 0) is 19.1 Å². The van der Waals surface area contributed by atoms with E-state index in [0.717, 1.165) is 16.9 Å². The Balaban J connectivity index is 1.57. The third kappa shape index (κ3) is 3.41. The minimum atomic E-state index is -0.332. The number of esters is 1. The summed E-state index contributed by atoms with van der Waals surface area (Å²) in [7, 11) is 0. The topological polar surface area (TPSA) is 70.2 Å². The van der Waals surface area contributed by atoms with Crippen LogP contribution in [0.25, 0.3) is 5.69 Å². The molecule has 6 nitrogen and oxygen atoms in total. The van der Waals surface area contributed by atoms with Crippen molar-refractivity contribution in [2.75, 3.05) is 0 Å². The van der Waals surface area contributed by atoms with Crippen molar-refractivity contribution >= 4 is 5.97 Å². The van der Waals surface area contributed by atoms with E-state index in [1.165, 1.54) is 0 Å². The average Bonchev–Trinajstić information content (AvgIpc) is 3.15. The quantitative estimate of drug-likeness (QED) is 0.676. The van der Waals surface area contributed by atoms with Crippen molar-refractivity contribution < 1.29 is 14.1 Å². The van der Waals surface area contributed by atoms with E-state index < -0.39 is 0 Å². The van der Waals surface area contributed by atoms with E-state index >= 15 is 0 Å². The molecule has 0 spiro atoms. The predicted molar refractivity (Wildman–Crippen MR) is 78.3 cm³/mol. The zero-order valence-electron chi connectivity index (χ0n) is 12.1. The smallest absolute Gasteiger partial charge is 0.310 e. The Morgan fingerprint density at radius 3 is 2.86 bits per heavy atom. The van der Waals surface area contributed by atoms with E-state index in [2.05, 4.69) is 10.3 Å². The molecule has 0 aliphatic heterocycles. The number of aromatic nitrogens is 3. The van der Waals surface area contributed by atoms with Gasteiger partial charge in [-0.3, -0.25) is 4.79 Å². The predicted octanol–water partition coefficient (Wildman–Crippen LogP) is 2.45. The van der Waals surface area contributed by atoms with Crippen molar-refractivity contribution in [2.24, 2.45) is 0 Å². The second-order valence-electron chi connectivity index (χ2n) is 4.90. The maximum absolute atomic E-state index is 11.8. The monoisotopic (exact) mass is 297 g/mol. The maximum atomic E-state index is 11.8. The van der Waals surface area contributed by atoms with Crippen molar-refractivity contribution in [1.29, 1.82) is 0 Å². The van der Waals surface area contributed by atoms with Gasteiger partial charge in [0, 0.05) is 17.8 Å². The molecule has 2 heterocycles. The van der Waals surface area contributed by atoms with Crippen molar-refractivity contribution in [3.8, 4) is 5.69 Å². The van der Waals surface area contributed by atoms with E-state index in [9.17, 15) is 4.79 Å². The van der Waals surface area contributed by atoms with Gasteiger partial charge in [0.2, 0.25) is 0 Å². The number of nitrogens with zero attached hydrogens (tertiary/aromatic N) is 3. The zero-order valence-corrected chi connectivity index (χ0v) is 12.1. The van der Waals surface area contributed by atoms with Gasteiger partial charge in [-0.2, -0.15) is 5.10 Å². The summed E-state index contributed by atoms with van der Waals surface area (Å²) >= 11 is 0. The normalized spacial score (nSPS) is 10.6. The van der Waals surface area contributed by atoms with Gasteiger partial charge in [0.25, 0.3) is 0 Å². The summed E-state index contributed by atoms with van der Waals surface area (Å²) in [6, 6.07) is 11.4. The largest absolute Gasteiger partial charge is 0.457 e. The standard InChI is InChI=1S/C16H15N3O3/c1-12-7-15(22-18-12)11-21-16(20)8-13-9-17-19(10-13)14-5-3-2-4-6-14/h2-7,9-10H,8,11H2,1H3.